The molecule has 1 aromatic carbocycles. The first kappa shape index (κ1) is 14.9. The van der Waals surface area contributed by atoms with Gasteiger partial charge in [0.15, 0.2) is 0 Å². The summed E-state index contributed by atoms with van der Waals surface area (Å²) in [6.45, 7) is 8.36. The first-order valence-electron chi connectivity index (χ1n) is 6.08. The number of amides is 1. The van der Waals surface area contributed by atoms with Crippen molar-refractivity contribution >= 4 is 29.0 Å². The molecular weight excluding hydrogens is 244 g/mol. The highest BCUT2D eigenvalue weighted by molar-refractivity contribution is 8.00. The van der Waals surface area contributed by atoms with Crippen LogP contribution in [0.5, 0.6) is 0 Å². The number of benzene rings is 1. The fourth-order valence-electron chi connectivity index (χ4n) is 1.45. The Kier molecular flexibility index (Phi) is 5.08. The Morgan fingerprint density at radius 1 is 1.39 bits per heavy atom. The number of anilines is 2. The van der Waals surface area contributed by atoms with E-state index in [9.17, 15) is 4.79 Å². The Morgan fingerprint density at radius 2 is 2.06 bits per heavy atom. The van der Waals surface area contributed by atoms with Crippen molar-refractivity contribution < 1.29 is 4.79 Å². The van der Waals surface area contributed by atoms with Gasteiger partial charge in [0.25, 0.3) is 0 Å². The number of nitrogens with one attached hydrogen (secondary N) is 1. The van der Waals surface area contributed by atoms with E-state index in [0.717, 1.165) is 17.0 Å². The van der Waals surface area contributed by atoms with Crippen molar-refractivity contribution in [3.63, 3.8) is 0 Å². The summed E-state index contributed by atoms with van der Waals surface area (Å²) in [5.41, 5.74) is 8.24. The maximum absolute atomic E-state index is 11.8. The second-order valence-corrected chi connectivity index (χ2v) is 7.20. The SMILES string of the molecule is Cc1c(N)cccc1NC(=O)CCSC(C)(C)C. The van der Waals surface area contributed by atoms with Gasteiger partial charge in [-0.25, -0.2) is 0 Å². The fraction of sp³-hybridized carbons (Fsp3) is 0.500. The highest BCUT2D eigenvalue weighted by Gasteiger charge is 2.12. The van der Waals surface area contributed by atoms with Crippen molar-refractivity contribution in [1.29, 1.82) is 0 Å². The number of hydrogen-bond acceptors (Lipinski definition) is 3. The van der Waals surface area contributed by atoms with E-state index >= 15 is 0 Å². The lowest BCUT2D eigenvalue weighted by molar-refractivity contribution is -0.115. The summed E-state index contributed by atoms with van der Waals surface area (Å²) in [6, 6.07) is 5.56. The molecule has 100 valence electrons. The van der Waals surface area contributed by atoms with E-state index in [1.54, 1.807) is 11.8 Å². The van der Waals surface area contributed by atoms with E-state index in [-0.39, 0.29) is 10.7 Å². The number of carbonyl (C=O) groups excluding carboxylic acids is 1. The predicted octanol–water partition coefficient (Wildman–Crippen LogP) is 3.44. The second kappa shape index (κ2) is 6.14. The van der Waals surface area contributed by atoms with Gasteiger partial charge in [-0.3, -0.25) is 4.79 Å². The van der Waals surface area contributed by atoms with Crippen molar-refractivity contribution in [1.82, 2.24) is 0 Å². The predicted molar refractivity (Wildman–Crippen MR) is 81.0 cm³/mol. The molecule has 0 saturated heterocycles. The summed E-state index contributed by atoms with van der Waals surface area (Å²) in [6.07, 6.45) is 0.524. The Morgan fingerprint density at radius 3 is 2.67 bits per heavy atom. The maximum Gasteiger partial charge on any atom is 0.225 e. The van der Waals surface area contributed by atoms with Crippen LogP contribution in [0.4, 0.5) is 11.4 Å². The second-order valence-electron chi connectivity index (χ2n) is 5.28. The topological polar surface area (TPSA) is 55.1 Å². The normalized spacial score (nSPS) is 11.3. The highest BCUT2D eigenvalue weighted by Crippen LogP contribution is 2.24. The van der Waals surface area contributed by atoms with Gasteiger partial charge in [0.1, 0.15) is 0 Å². The third kappa shape index (κ3) is 5.00. The van der Waals surface area contributed by atoms with Gasteiger partial charge in [-0.2, -0.15) is 11.8 Å². The Labute approximate surface area is 114 Å². The molecule has 0 unspecified atom stereocenters. The molecule has 0 spiro atoms. The molecule has 0 saturated carbocycles. The van der Waals surface area contributed by atoms with Crippen molar-refractivity contribution in [2.75, 3.05) is 16.8 Å². The van der Waals surface area contributed by atoms with Crippen LogP contribution in [0.3, 0.4) is 0 Å². The zero-order valence-electron chi connectivity index (χ0n) is 11.5. The Bertz CT molecular complexity index is 424. The average molecular weight is 266 g/mol. The molecule has 0 aliphatic carbocycles. The molecule has 3 nitrogen and oxygen atoms in total. The van der Waals surface area contributed by atoms with Crippen LogP contribution < -0.4 is 11.1 Å². The van der Waals surface area contributed by atoms with Crippen LogP contribution in [-0.4, -0.2) is 16.4 Å². The van der Waals surface area contributed by atoms with Crippen molar-refractivity contribution in [3.8, 4) is 0 Å². The summed E-state index contributed by atoms with van der Waals surface area (Å²) in [5.74, 6) is 0.872. The summed E-state index contributed by atoms with van der Waals surface area (Å²) < 4.78 is 0.202. The third-order valence-electron chi connectivity index (χ3n) is 2.51. The van der Waals surface area contributed by atoms with Crippen LogP contribution in [0.25, 0.3) is 0 Å². The highest BCUT2D eigenvalue weighted by atomic mass is 32.2. The van der Waals surface area contributed by atoms with E-state index in [1.165, 1.54) is 0 Å². The lowest BCUT2D eigenvalue weighted by atomic mass is 10.1. The van der Waals surface area contributed by atoms with Crippen LogP contribution in [0.15, 0.2) is 18.2 Å². The largest absolute Gasteiger partial charge is 0.398 e. The molecule has 0 heterocycles. The van der Waals surface area contributed by atoms with Crippen molar-refractivity contribution in [2.24, 2.45) is 0 Å². The van der Waals surface area contributed by atoms with Gasteiger partial charge in [-0.1, -0.05) is 26.8 Å². The number of thioether (sulfide) groups is 1. The maximum atomic E-state index is 11.8. The molecule has 0 atom stereocenters. The van der Waals surface area contributed by atoms with Gasteiger partial charge in [-0.15, -0.1) is 0 Å². The summed E-state index contributed by atoms with van der Waals surface area (Å²) in [7, 11) is 0. The van der Waals surface area contributed by atoms with E-state index < -0.39 is 0 Å². The molecule has 1 rings (SSSR count). The molecule has 18 heavy (non-hydrogen) atoms. The van der Waals surface area contributed by atoms with Crippen LogP contribution in [-0.2, 0) is 4.79 Å². The van der Waals surface area contributed by atoms with E-state index in [2.05, 4.69) is 26.1 Å². The van der Waals surface area contributed by atoms with E-state index in [1.807, 2.05) is 25.1 Å². The molecule has 3 N–H and O–H groups in total. The van der Waals surface area contributed by atoms with Crippen LogP contribution >= 0.6 is 11.8 Å². The lowest BCUT2D eigenvalue weighted by Crippen LogP contribution is -2.16. The third-order valence-corrected chi connectivity index (χ3v) is 3.79. The van der Waals surface area contributed by atoms with Gasteiger partial charge in [0, 0.05) is 28.3 Å². The van der Waals surface area contributed by atoms with E-state index in [0.29, 0.717) is 12.1 Å². The minimum Gasteiger partial charge on any atom is -0.398 e. The quantitative estimate of drug-likeness (QED) is 0.821. The Hall–Kier alpha value is -1.16. The molecule has 0 aliphatic heterocycles. The summed E-state index contributed by atoms with van der Waals surface area (Å²) in [4.78, 5) is 11.8. The van der Waals surface area contributed by atoms with Gasteiger partial charge in [0.05, 0.1) is 0 Å². The fourth-order valence-corrected chi connectivity index (χ4v) is 2.35. The van der Waals surface area contributed by atoms with Gasteiger partial charge < -0.3 is 11.1 Å². The van der Waals surface area contributed by atoms with Crippen LogP contribution in [0, 0.1) is 6.92 Å². The first-order valence-corrected chi connectivity index (χ1v) is 7.07. The van der Waals surface area contributed by atoms with Crippen molar-refractivity contribution in [2.45, 2.75) is 38.9 Å². The van der Waals surface area contributed by atoms with Crippen LogP contribution in [0.1, 0.15) is 32.8 Å². The minimum absolute atomic E-state index is 0.0421. The average Bonchev–Trinajstić information content (AvgIpc) is 2.23. The smallest absolute Gasteiger partial charge is 0.225 e. The zero-order chi connectivity index (χ0) is 13.8. The molecule has 0 aliphatic rings. The number of hydrogen-bond donors (Lipinski definition) is 2. The van der Waals surface area contributed by atoms with Gasteiger partial charge in [0.2, 0.25) is 5.91 Å². The number of carbonyl (C=O) groups is 1. The summed E-state index contributed by atoms with van der Waals surface area (Å²) in [5, 5.41) is 2.91. The molecule has 0 aromatic heterocycles. The molecule has 0 radical (unpaired) electrons. The first-order chi connectivity index (χ1) is 8.29. The molecular formula is C14H22N2OS. The molecule has 4 heteroatoms. The van der Waals surface area contributed by atoms with Crippen LogP contribution in [0.2, 0.25) is 0 Å². The van der Waals surface area contributed by atoms with E-state index in [4.69, 9.17) is 5.73 Å². The standard InChI is InChI=1S/C14H22N2OS/c1-10-11(15)6-5-7-12(10)16-13(17)8-9-18-14(2,3)4/h5-7H,8-9,15H2,1-4H3,(H,16,17). The molecule has 0 bridgehead atoms. The molecule has 1 amide bonds. The molecule has 1 aromatic rings. The Balaban J connectivity index is 2.48. The molecule has 0 fully saturated rings. The monoisotopic (exact) mass is 266 g/mol. The number of nitrogen functional groups attached to an aromatic ring is 1. The number of nitrogens with two attached hydrogens (primary N) is 1. The lowest BCUT2D eigenvalue weighted by Gasteiger charge is -2.17. The summed E-state index contributed by atoms with van der Waals surface area (Å²) >= 11 is 1.79. The van der Waals surface area contributed by atoms with Crippen molar-refractivity contribution in [3.05, 3.63) is 23.8 Å². The van der Waals surface area contributed by atoms with Gasteiger partial charge >= 0.3 is 0 Å². The zero-order valence-corrected chi connectivity index (χ0v) is 12.4. The minimum atomic E-state index is 0.0421. The number of rotatable bonds is 4. The van der Waals surface area contributed by atoms with Gasteiger partial charge in [-0.05, 0) is 24.6 Å².